The summed E-state index contributed by atoms with van der Waals surface area (Å²) in [6, 6.07) is 13.9. The molecule has 1 amide bonds. The van der Waals surface area contributed by atoms with Crippen LogP contribution >= 0.6 is 0 Å². The fraction of sp³-hybridized carbons (Fsp3) is 0.286. The van der Waals surface area contributed by atoms with Gasteiger partial charge in [-0.3, -0.25) is 9.78 Å². The highest BCUT2D eigenvalue weighted by molar-refractivity contribution is 5.79. The van der Waals surface area contributed by atoms with Gasteiger partial charge in [0.05, 0.1) is 23.9 Å². The minimum absolute atomic E-state index is 0.0674. The van der Waals surface area contributed by atoms with Crippen molar-refractivity contribution in [3.05, 3.63) is 82.5 Å². The first-order chi connectivity index (χ1) is 12.5. The molecule has 5 heteroatoms. The number of rotatable bonds is 6. The smallest absolute Gasteiger partial charge is 0.225 e. The first-order valence-electron chi connectivity index (χ1n) is 8.70. The van der Waals surface area contributed by atoms with E-state index in [2.05, 4.69) is 46.6 Å². The van der Waals surface area contributed by atoms with Crippen molar-refractivity contribution in [2.75, 3.05) is 0 Å². The molecule has 1 N–H and O–H groups in total. The second kappa shape index (κ2) is 7.95. The van der Waals surface area contributed by atoms with Crippen LogP contribution in [0.15, 0.2) is 53.2 Å². The summed E-state index contributed by atoms with van der Waals surface area (Å²) < 4.78 is 5.15. The van der Waals surface area contributed by atoms with Gasteiger partial charge in [-0.15, -0.1) is 0 Å². The third kappa shape index (κ3) is 4.36. The van der Waals surface area contributed by atoms with Crippen LogP contribution in [0.4, 0.5) is 0 Å². The highest BCUT2D eigenvalue weighted by atomic mass is 16.5. The first kappa shape index (κ1) is 17.9. The Bertz CT molecular complexity index is 851. The molecule has 3 aromatic rings. The van der Waals surface area contributed by atoms with Gasteiger partial charge in [-0.2, -0.15) is 0 Å². The molecule has 0 saturated carbocycles. The van der Waals surface area contributed by atoms with Gasteiger partial charge in [0.2, 0.25) is 5.91 Å². The quantitative estimate of drug-likeness (QED) is 0.738. The third-order valence-corrected chi connectivity index (χ3v) is 4.46. The molecule has 0 aliphatic rings. The summed E-state index contributed by atoms with van der Waals surface area (Å²) in [5.74, 6) is 0.618. The van der Waals surface area contributed by atoms with Crippen LogP contribution in [0.3, 0.4) is 0 Å². The molecule has 0 unspecified atom stereocenters. The van der Waals surface area contributed by atoms with Crippen molar-refractivity contribution in [3.8, 4) is 0 Å². The molecule has 2 heterocycles. The van der Waals surface area contributed by atoms with E-state index in [4.69, 9.17) is 4.52 Å². The zero-order valence-electron chi connectivity index (χ0n) is 15.3. The highest BCUT2D eigenvalue weighted by Gasteiger charge is 2.19. The first-order valence-corrected chi connectivity index (χ1v) is 8.70. The highest BCUT2D eigenvalue weighted by Crippen LogP contribution is 2.18. The Balaban J connectivity index is 1.77. The van der Waals surface area contributed by atoms with Crippen molar-refractivity contribution in [1.29, 1.82) is 0 Å². The van der Waals surface area contributed by atoms with Gasteiger partial charge in [0.25, 0.3) is 0 Å². The monoisotopic (exact) mass is 349 g/mol. The summed E-state index contributed by atoms with van der Waals surface area (Å²) in [5, 5.41) is 7.03. The molecule has 0 aliphatic carbocycles. The predicted molar refractivity (Wildman–Crippen MR) is 99.7 cm³/mol. The number of carbonyl (C=O) groups is 1. The van der Waals surface area contributed by atoms with Crippen LogP contribution in [-0.4, -0.2) is 16.0 Å². The summed E-state index contributed by atoms with van der Waals surface area (Å²) in [5.41, 5.74) is 4.82. The van der Waals surface area contributed by atoms with Crippen LogP contribution in [0.25, 0.3) is 0 Å². The molecule has 0 fully saturated rings. The minimum atomic E-state index is -0.188. The second-order valence-corrected chi connectivity index (χ2v) is 6.54. The Morgan fingerprint density at radius 3 is 2.50 bits per heavy atom. The largest absolute Gasteiger partial charge is 0.361 e. The van der Waals surface area contributed by atoms with Crippen LogP contribution in [0.1, 0.15) is 39.9 Å². The van der Waals surface area contributed by atoms with Crippen molar-refractivity contribution in [2.45, 2.75) is 39.7 Å². The summed E-state index contributed by atoms with van der Waals surface area (Å²) in [6.07, 6.45) is 2.68. The molecule has 0 bridgehead atoms. The third-order valence-electron chi connectivity index (χ3n) is 4.46. The Morgan fingerprint density at radius 1 is 1.12 bits per heavy atom. The molecule has 2 aromatic heterocycles. The summed E-state index contributed by atoms with van der Waals surface area (Å²) in [6.45, 7) is 5.73. The van der Waals surface area contributed by atoms with Crippen molar-refractivity contribution in [1.82, 2.24) is 15.5 Å². The van der Waals surface area contributed by atoms with Crippen molar-refractivity contribution in [2.24, 2.45) is 0 Å². The lowest BCUT2D eigenvalue weighted by Crippen LogP contribution is -2.32. The van der Waals surface area contributed by atoms with Crippen molar-refractivity contribution >= 4 is 5.91 Å². The molecular formula is C21H23N3O2. The molecule has 5 nitrogen and oxygen atoms in total. The Labute approximate surface area is 153 Å². The second-order valence-electron chi connectivity index (χ2n) is 6.54. The molecule has 1 aromatic carbocycles. The van der Waals surface area contributed by atoms with E-state index >= 15 is 0 Å². The number of hydrogen-bond donors (Lipinski definition) is 1. The van der Waals surface area contributed by atoms with Gasteiger partial charge >= 0.3 is 0 Å². The summed E-state index contributed by atoms with van der Waals surface area (Å²) >= 11 is 0. The van der Waals surface area contributed by atoms with E-state index in [0.717, 1.165) is 22.5 Å². The molecule has 0 aliphatic heterocycles. The van der Waals surface area contributed by atoms with Gasteiger partial charge in [-0.25, -0.2) is 0 Å². The predicted octanol–water partition coefficient (Wildman–Crippen LogP) is 3.64. The number of nitrogens with zero attached hydrogens (tertiary/aromatic N) is 2. The van der Waals surface area contributed by atoms with E-state index in [9.17, 15) is 4.79 Å². The number of aromatic nitrogens is 2. The fourth-order valence-electron chi connectivity index (χ4n) is 2.93. The van der Waals surface area contributed by atoms with Gasteiger partial charge in [0.1, 0.15) is 5.76 Å². The van der Waals surface area contributed by atoms with Gasteiger partial charge in [-0.05, 0) is 44.9 Å². The topological polar surface area (TPSA) is 68.0 Å². The average molecular weight is 349 g/mol. The number of nitrogens with one attached hydrogen (secondary N) is 1. The van der Waals surface area contributed by atoms with E-state index in [1.54, 1.807) is 6.20 Å². The Morgan fingerprint density at radius 2 is 1.88 bits per heavy atom. The van der Waals surface area contributed by atoms with Crippen LogP contribution < -0.4 is 5.32 Å². The van der Waals surface area contributed by atoms with E-state index in [0.29, 0.717) is 12.2 Å². The maximum absolute atomic E-state index is 12.6. The zero-order chi connectivity index (χ0) is 18.5. The van der Waals surface area contributed by atoms with E-state index in [1.807, 2.05) is 32.0 Å². The maximum Gasteiger partial charge on any atom is 0.225 e. The SMILES string of the molecule is Cc1ccc(C[C@H](NC(=O)Cc2c(C)noc2C)c2ccccn2)cc1. The molecule has 0 spiro atoms. The Hall–Kier alpha value is -2.95. The molecular weight excluding hydrogens is 326 g/mol. The summed E-state index contributed by atoms with van der Waals surface area (Å²) in [7, 11) is 0. The summed E-state index contributed by atoms with van der Waals surface area (Å²) in [4.78, 5) is 17.1. The number of benzene rings is 1. The van der Waals surface area contributed by atoms with Crippen molar-refractivity contribution < 1.29 is 9.32 Å². The number of pyridine rings is 1. The fourth-order valence-corrected chi connectivity index (χ4v) is 2.93. The molecule has 134 valence electrons. The van der Waals surface area contributed by atoms with E-state index < -0.39 is 0 Å². The number of amides is 1. The minimum Gasteiger partial charge on any atom is -0.361 e. The average Bonchev–Trinajstić information content (AvgIpc) is 2.95. The number of carbonyl (C=O) groups excluding carboxylic acids is 1. The standard InChI is InChI=1S/C21H23N3O2/c1-14-7-9-17(10-8-14)12-20(19-6-4-5-11-22-19)23-21(25)13-18-15(2)24-26-16(18)3/h4-11,20H,12-13H2,1-3H3,(H,23,25)/t20-/m0/s1. The molecule has 1 atom stereocenters. The van der Waals surface area contributed by atoms with E-state index in [1.165, 1.54) is 5.56 Å². The lowest BCUT2D eigenvalue weighted by Gasteiger charge is -2.19. The molecule has 0 saturated heterocycles. The lowest BCUT2D eigenvalue weighted by atomic mass is 10.0. The van der Waals surface area contributed by atoms with Crippen LogP contribution in [0.2, 0.25) is 0 Å². The molecule has 26 heavy (non-hydrogen) atoms. The van der Waals surface area contributed by atoms with Crippen molar-refractivity contribution in [3.63, 3.8) is 0 Å². The Kier molecular flexibility index (Phi) is 5.46. The lowest BCUT2D eigenvalue weighted by molar-refractivity contribution is -0.121. The van der Waals surface area contributed by atoms with Gasteiger partial charge in [0.15, 0.2) is 0 Å². The van der Waals surface area contributed by atoms with Crippen LogP contribution in [0, 0.1) is 20.8 Å². The van der Waals surface area contributed by atoms with Gasteiger partial charge in [0, 0.05) is 11.8 Å². The number of hydrogen-bond acceptors (Lipinski definition) is 4. The molecule has 0 radical (unpaired) electrons. The van der Waals surface area contributed by atoms with Gasteiger partial charge < -0.3 is 9.84 Å². The van der Waals surface area contributed by atoms with E-state index in [-0.39, 0.29) is 18.4 Å². The number of aryl methyl sites for hydroxylation is 3. The van der Waals surface area contributed by atoms with Gasteiger partial charge in [-0.1, -0.05) is 41.1 Å². The maximum atomic E-state index is 12.6. The zero-order valence-corrected chi connectivity index (χ0v) is 15.3. The molecule has 3 rings (SSSR count). The normalized spacial score (nSPS) is 12.0. The van der Waals surface area contributed by atoms with Crippen LogP contribution in [-0.2, 0) is 17.6 Å². The van der Waals surface area contributed by atoms with Crippen LogP contribution in [0.5, 0.6) is 0 Å².